The Bertz CT molecular complexity index is 165. The number of rotatable bonds is 3. The van der Waals surface area contributed by atoms with E-state index in [2.05, 4.69) is 11.1 Å². The molecule has 0 amide bonds. The van der Waals surface area contributed by atoms with Crippen molar-refractivity contribution in [1.82, 2.24) is 4.98 Å². The number of aromatic nitrogens is 1. The predicted octanol–water partition coefficient (Wildman–Crippen LogP) is 1.29. The number of nitrogens with one attached hydrogen (secondary N) is 1. The van der Waals surface area contributed by atoms with Gasteiger partial charge in [-0.05, 0) is 31.4 Å². The van der Waals surface area contributed by atoms with E-state index in [4.69, 9.17) is 5.73 Å². The van der Waals surface area contributed by atoms with Gasteiger partial charge in [0.25, 0.3) is 0 Å². The van der Waals surface area contributed by atoms with Gasteiger partial charge in [-0.1, -0.05) is 0 Å². The number of aromatic amines is 1. The Morgan fingerprint density at radius 1 is 1.70 bits per heavy atom. The van der Waals surface area contributed by atoms with Crippen LogP contribution in [0.2, 0.25) is 0 Å². The molecule has 2 nitrogen and oxygen atoms in total. The van der Waals surface area contributed by atoms with Crippen LogP contribution >= 0.6 is 0 Å². The minimum atomic E-state index is 0.315. The van der Waals surface area contributed by atoms with Crippen molar-refractivity contribution in [1.29, 1.82) is 0 Å². The van der Waals surface area contributed by atoms with Crippen molar-refractivity contribution in [2.45, 2.75) is 25.8 Å². The lowest BCUT2D eigenvalue weighted by Crippen LogP contribution is -2.15. The summed E-state index contributed by atoms with van der Waals surface area (Å²) in [5, 5.41) is 0. The molecule has 0 fully saturated rings. The largest absolute Gasteiger partial charge is 0.367 e. The zero-order valence-corrected chi connectivity index (χ0v) is 6.30. The van der Waals surface area contributed by atoms with Gasteiger partial charge in [-0.3, -0.25) is 0 Å². The molecular formula is C8H14N2. The zero-order chi connectivity index (χ0) is 7.40. The number of H-pyrrole nitrogens is 1. The maximum atomic E-state index is 5.60. The second-order valence-electron chi connectivity index (χ2n) is 2.74. The summed E-state index contributed by atoms with van der Waals surface area (Å²) in [5.74, 6) is 0. The lowest BCUT2D eigenvalue weighted by molar-refractivity contribution is 0.666. The summed E-state index contributed by atoms with van der Waals surface area (Å²) in [4.78, 5) is 3.01. The van der Waals surface area contributed by atoms with Crippen molar-refractivity contribution in [3.63, 3.8) is 0 Å². The maximum absolute atomic E-state index is 5.60. The van der Waals surface area contributed by atoms with Crippen LogP contribution in [0.25, 0.3) is 0 Å². The van der Waals surface area contributed by atoms with Gasteiger partial charge >= 0.3 is 0 Å². The van der Waals surface area contributed by atoms with E-state index in [9.17, 15) is 0 Å². The van der Waals surface area contributed by atoms with Crippen molar-refractivity contribution in [2.24, 2.45) is 5.73 Å². The van der Waals surface area contributed by atoms with E-state index in [1.165, 1.54) is 5.56 Å². The first kappa shape index (κ1) is 7.35. The summed E-state index contributed by atoms with van der Waals surface area (Å²) in [6.07, 6.45) is 6.11. The minimum Gasteiger partial charge on any atom is -0.367 e. The molecule has 0 aromatic carbocycles. The van der Waals surface area contributed by atoms with Crippen molar-refractivity contribution >= 4 is 0 Å². The SMILES string of the molecule is CC(N)CCc1cc[nH]c1. The molecule has 10 heavy (non-hydrogen) atoms. The second-order valence-corrected chi connectivity index (χ2v) is 2.74. The Morgan fingerprint density at radius 3 is 3.00 bits per heavy atom. The highest BCUT2D eigenvalue weighted by atomic mass is 14.6. The van der Waals surface area contributed by atoms with Crippen LogP contribution < -0.4 is 5.73 Å². The molecular weight excluding hydrogens is 124 g/mol. The van der Waals surface area contributed by atoms with E-state index in [0.29, 0.717) is 6.04 Å². The van der Waals surface area contributed by atoms with E-state index in [-0.39, 0.29) is 0 Å². The third-order valence-corrected chi connectivity index (χ3v) is 1.55. The fourth-order valence-electron chi connectivity index (χ4n) is 0.908. The van der Waals surface area contributed by atoms with Gasteiger partial charge in [-0.25, -0.2) is 0 Å². The first-order valence-electron chi connectivity index (χ1n) is 3.66. The molecule has 0 spiro atoms. The van der Waals surface area contributed by atoms with Gasteiger partial charge in [-0.2, -0.15) is 0 Å². The van der Waals surface area contributed by atoms with E-state index in [1.54, 1.807) is 0 Å². The first-order valence-corrected chi connectivity index (χ1v) is 3.66. The number of nitrogens with two attached hydrogens (primary N) is 1. The van der Waals surface area contributed by atoms with Crippen molar-refractivity contribution < 1.29 is 0 Å². The first-order chi connectivity index (χ1) is 4.79. The van der Waals surface area contributed by atoms with Crippen molar-refractivity contribution in [3.8, 4) is 0 Å². The zero-order valence-electron chi connectivity index (χ0n) is 6.30. The van der Waals surface area contributed by atoms with Crippen LogP contribution in [0.5, 0.6) is 0 Å². The van der Waals surface area contributed by atoms with Gasteiger partial charge < -0.3 is 10.7 Å². The highest BCUT2D eigenvalue weighted by Crippen LogP contribution is 2.01. The van der Waals surface area contributed by atoms with Crippen LogP contribution in [0.15, 0.2) is 18.5 Å². The van der Waals surface area contributed by atoms with Gasteiger partial charge in [0, 0.05) is 18.4 Å². The molecule has 0 saturated carbocycles. The molecule has 1 rings (SSSR count). The summed E-state index contributed by atoms with van der Waals surface area (Å²) < 4.78 is 0. The molecule has 1 aromatic rings. The highest BCUT2D eigenvalue weighted by Gasteiger charge is 1.95. The molecule has 0 bridgehead atoms. The van der Waals surface area contributed by atoms with Crippen LogP contribution in [-0.4, -0.2) is 11.0 Å². The van der Waals surface area contributed by atoms with Crippen molar-refractivity contribution in [2.75, 3.05) is 0 Å². The molecule has 0 aliphatic rings. The Hall–Kier alpha value is -0.760. The van der Waals surface area contributed by atoms with E-state index in [1.807, 2.05) is 19.3 Å². The van der Waals surface area contributed by atoms with E-state index < -0.39 is 0 Å². The Morgan fingerprint density at radius 2 is 2.50 bits per heavy atom. The Labute approximate surface area is 61.4 Å². The molecule has 2 heteroatoms. The standard InChI is InChI=1S/C8H14N2/c1-7(9)2-3-8-4-5-10-6-8/h4-7,10H,2-3,9H2,1H3. The lowest BCUT2D eigenvalue weighted by atomic mass is 10.1. The molecule has 1 atom stereocenters. The van der Waals surface area contributed by atoms with E-state index in [0.717, 1.165) is 12.8 Å². The second kappa shape index (κ2) is 3.42. The molecule has 0 aliphatic heterocycles. The topological polar surface area (TPSA) is 41.8 Å². The fourth-order valence-corrected chi connectivity index (χ4v) is 0.908. The quantitative estimate of drug-likeness (QED) is 0.649. The minimum absolute atomic E-state index is 0.315. The predicted molar refractivity (Wildman–Crippen MR) is 42.8 cm³/mol. The summed E-state index contributed by atoms with van der Waals surface area (Å²) in [7, 11) is 0. The molecule has 0 radical (unpaired) electrons. The molecule has 56 valence electrons. The molecule has 1 unspecified atom stereocenters. The summed E-state index contributed by atoms with van der Waals surface area (Å²) in [5.41, 5.74) is 6.94. The average molecular weight is 138 g/mol. The van der Waals surface area contributed by atoms with Crippen LogP contribution in [0.4, 0.5) is 0 Å². The number of hydrogen-bond acceptors (Lipinski definition) is 1. The van der Waals surface area contributed by atoms with Crippen LogP contribution in [-0.2, 0) is 6.42 Å². The van der Waals surface area contributed by atoms with Gasteiger partial charge in [0.15, 0.2) is 0 Å². The normalized spacial score (nSPS) is 13.4. The van der Waals surface area contributed by atoms with Gasteiger partial charge in [0.2, 0.25) is 0 Å². The molecule has 0 saturated heterocycles. The van der Waals surface area contributed by atoms with E-state index >= 15 is 0 Å². The summed E-state index contributed by atoms with van der Waals surface area (Å²) in [6, 6.07) is 2.40. The summed E-state index contributed by atoms with van der Waals surface area (Å²) in [6.45, 7) is 2.03. The fraction of sp³-hybridized carbons (Fsp3) is 0.500. The molecule has 1 aromatic heterocycles. The lowest BCUT2D eigenvalue weighted by Gasteiger charge is -2.01. The Balaban J connectivity index is 2.28. The number of hydrogen-bond donors (Lipinski definition) is 2. The van der Waals surface area contributed by atoms with Gasteiger partial charge in [0.05, 0.1) is 0 Å². The summed E-state index contributed by atoms with van der Waals surface area (Å²) >= 11 is 0. The molecule has 3 N–H and O–H groups in total. The Kier molecular flexibility index (Phi) is 2.51. The maximum Gasteiger partial charge on any atom is 0.00373 e. The van der Waals surface area contributed by atoms with Crippen LogP contribution in [0.1, 0.15) is 18.9 Å². The molecule has 0 aliphatic carbocycles. The number of aryl methyl sites for hydroxylation is 1. The molecule has 1 heterocycles. The van der Waals surface area contributed by atoms with Crippen molar-refractivity contribution in [3.05, 3.63) is 24.0 Å². The van der Waals surface area contributed by atoms with Gasteiger partial charge in [-0.15, -0.1) is 0 Å². The van der Waals surface area contributed by atoms with Crippen LogP contribution in [0.3, 0.4) is 0 Å². The average Bonchev–Trinajstić information content (AvgIpc) is 2.34. The third-order valence-electron chi connectivity index (χ3n) is 1.55. The highest BCUT2D eigenvalue weighted by molar-refractivity contribution is 5.08. The van der Waals surface area contributed by atoms with Gasteiger partial charge in [0.1, 0.15) is 0 Å². The monoisotopic (exact) mass is 138 g/mol. The van der Waals surface area contributed by atoms with Crippen LogP contribution in [0, 0.1) is 0 Å². The smallest absolute Gasteiger partial charge is 0.00373 e. The third kappa shape index (κ3) is 2.23.